The van der Waals surface area contributed by atoms with Crippen LogP contribution in [-0.2, 0) is 19.9 Å². The van der Waals surface area contributed by atoms with E-state index in [1.54, 1.807) is 4.90 Å². The van der Waals surface area contributed by atoms with Crippen LogP contribution in [0.2, 0.25) is 0 Å². The van der Waals surface area contributed by atoms with Crippen LogP contribution in [0.25, 0.3) is 0 Å². The number of piperazine rings is 1. The van der Waals surface area contributed by atoms with Crippen molar-refractivity contribution in [1.29, 1.82) is 0 Å². The molecule has 2 heterocycles. The Balaban J connectivity index is 1.38. The zero-order valence-corrected chi connectivity index (χ0v) is 20.5. The summed E-state index contributed by atoms with van der Waals surface area (Å²) in [6.07, 6.45) is 0.270. The van der Waals surface area contributed by atoms with Crippen LogP contribution in [-0.4, -0.2) is 71.4 Å². The zero-order chi connectivity index (χ0) is 23.8. The number of sulfonamides is 1. The highest BCUT2D eigenvalue weighted by molar-refractivity contribution is 7.92. The third kappa shape index (κ3) is 5.23. The third-order valence-corrected chi connectivity index (χ3v) is 9.75. The molecular weight excluding hydrogens is 462 g/mol. The van der Waals surface area contributed by atoms with Crippen molar-refractivity contribution in [2.24, 2.45) is 0 Å². The molecule has 4 rings (SSSR count). The standard InChI is InChI=1S/C23H29N3O5S2/c1-17-4-3-5-22(18(17)2)25-11-13-26(14-12-25)23(27)19-6-8-21(9-7-19)33(30,31)24-20-10-15-32(28,29)16-20/h3-9,20,24H,10-16H2,1-2H3/t20-/m1/s1. The van der Waals surface area contributed by atoms with Gasteiger partial charge in [0, 0.05) is 43.5 Å². The fraction of sp³-hybridized carbons (Fsp3) is 0.435. The number of rotatable bonds is 5. The summed E-state index contributed by atoms with van der Waals surface area (Å²) in [7, 11) is -7.04. The van der Waals surface area contributed by atoms with Gasteiger partial charge < -0.3 is 9.80 Å². The van der Waals surface area contributed by atoms with Crippen LogP contribution >= 0.6 is 0 Å². The molecule has 2 aliphatic heterocycles. The van der Waals surface area contributed by atoms with Crippen molar-refractivity contribution in [3.8, 4) is 0 Å². The van der Waals surface area contributed by atoms with Gasteiger partial charge in [-0.25, -0.2) is 21.6 Å². The minimum atomic E-state index is -3.85. The van der Waals surface area contributed by atoms with E-state index in [1.807, 2.05) is 6.07 Å². The largest absolute Gasteiger partial charge is 0.368 e. The normalized spacial score (nSPS) is 20.7. The lowest BCUT2D eigenvalue weighted by Crippen LogP contribution is -2.49. The lowest BCUT2D eigenvalue weighted by molar-refractivity contribution is 0.0746. The molecule has 0 aromatic heterocycles. The average molecular weight is 492 g/mol. The SMILES string of the molecule is Cc1cccc(N2CCN(C(=O)c3ccc(S(=O)(=O)N[C@@H]4CCS(=O)(=O)C4)cc3)CC2)c1C. The molecule has 8 nitrogen and oxygen atoms in total. The molecule has 178 valence electrons. The number of carbonyl (C=O) groups excluding carboxylic acids is 1. The molecule has 2 aromatic carbocycles. The Morgan fingerprint density at radius 1 is 1.00 bits per heavy atom. The molecule has 0 spiro atoms. The number of hydrogen-bond donors (Lipinski definition) is 1. The van der Waals surface area contributed by atoms with Gasteiger partial charge in [-0.1, -0.05) is 12.1 Å². The lowest BCUT2D eigenvalue weighted by Gasteiger charge is -2.37. The second kappa shape index (κ2) is 9.08. The predicted molar refractivity (Wildman–Crippen MR) is 128 cm³/mol. The van der Waals surface area contributed by atoms with Crippen molar-refractivity contribution in [2.75, 3.05) is 42.6 Å². The molecule has 2 saturated heterocycles. The molecule has 2 aromatic rings. The van der Waals surface area contributed by atoms with Crippen LogP contribution in [0, 0.1) is 13.8 Å². The molecule has 0 radical (unpaired) electrons. The molecule has 1 N–H and O–H groups in total. The van der Waals surface area contributed by atoms with Gasteiger partial charge in [0.2, 0.25) is 10.0 Å². The molecule has 0 saturated carbocycles. The molecular formula is C23H29N3O5S2. The number of aryl methyl sites for hydroxylation is 1. The molecule has 0 unspecified atom stereocenters. The number of hydrogen-bond acceptors (Lipinski definition) is 6. The van der Waals surface area contributed by atoms with E-state index in [-0.39, 0.29) is 28.7 Å². The van der Waals surface area contributed by atoms with E-state index in [1.165, 1.54) is 41.1 Å². The predicted octanol–water partition coefficient (Wildman–Crippen LogP) is 1.73. The topological polar surface area (TPSA) is 104 Å². The van der Waals surface area contributed by atoms with E-state index in [0.717, 1.165) is 13.1 Å². The first-order chi connectivity index (χ1) is 15.6. The Morgan fingerprint density at radius 3 is 2.27 bits per heavy atom. The minimum absolute atomic E-state index is 0.00959. The smallest absolute Gasteiger partial charge is 0.253 e. The van der Waals surface area contributed by atoms with Gasteiger partial charge in [0.05, 0.1) is 16.4 Å². The van der Waals surface area contributed by atoms with Crippen molar-refractivity contribution >= 4 is 31.5 Å². The Morgan fingerprint density at radius 2 is 1.67 bits per heavy atom. The third-order valence-electron chi connectivity index (χ3n) is 6.45. The molecule has 1 atom stereocenters. The van der Waals surface area contributed by atoms with Gasteiger partial charge >= 0.3 is 0 Å². The van der Waals surface area contributed by atoms with E-state index in [4.69, 9.17) is 0 Å². The molecule has 33 heavy (non-hydrogen) atoms. The second-order valence-corrected chi connectivity index (χ2v) is 12.7. The van der Waals surface area contributed by atoms with Crippen molar-refractivity contribution in [3.05, 3.63) is 59.2 Å². The molecule has 2 aliphatic rings. The van der Waals surface area contributed by atoms with E-state index < -0.39 is 25.9 Å². The Kier molecular flexibility index (Phi) is 6.52. The van der Waals surface area contributed by atoms with E-state index in [9.17, 15) is 21.6 Å². The fourth-order valence-corrected chi connectivity index (χ4v) is 7.41. The quantitative estimate of drug-likeness (QED) is 0.683. The zero-order valence-electron chi connectivity index (χ0n) is 18.8. The summed E-state index contributed by atoms with van der Waals surface area (Å²) in [4.78, 5) is 17.0. The van der Waals surface area contributed by atoms with Crippen LogP contribution in [0.5, 0.6) is 0 Å². The lowest BCUT2D eigenvalue weighted by atomic mass is 10.1. The van der Waals surface area contributed by atoms with Gasteiger partial charge in [0.15, 0.2) is 9.84 Å². The van der Waals surface area contributed by atoms with Gasteiger partial charge in [0.25, 0.3) is 5.91 Å². The highest BCUT2D eigenvalue weighted by atomic mass is 32.2. The van der Waals surface area contributed by atoms with Crippen molar-refractivity contribution in [1.82, 2.24) is 9.62 Å². The maximum Gasteiger partial charge on any atom is 0.253 e. The van der Waals surface area contributed by atoms with Crippen LogP contribution in [0.1, 0.15) is 27.9 Å². The van der Waals surface area contributed by atoms with Crippen LogP contribution in [0.15, 0.2) is 47.4 Å². The highest BCUT2D eigenvalue weighted by Gasteiger charge is 2.31. The average Bonchev–Trinajstić information content (AvgIpc) is 3.13. The summed E-state index contributed by atoms with van der Waals surface area (Å²) in [5.74, 6) is -0.323. The van der Waals surface area contributed by atoms with Crippen LogP contribution < -0.4 is 9.62 Å². The van der Waals surface area contributed by atoms with Crippen LogP contribution in [0.4, 0.5) is 5.69 Å². The summed E-state index contributed by atoms with van der Waals surface area (Å²) in [5.41, 5.74) is 4.11. The van der Waals surface area contributed by atoms with Gasteiger partial charge in [-0.2, -0.15) is 0 Å². The molecule has 0 bridgehead atoms. The van der Waals surface area contributed by atoms with E-state index in [2.05, 4.69) is 35.6 Å². The number of nitrogens with one attached hydrogen (secondary N) is 1. The number of benzene rings is 2. The number of carbonyl (C=O) groups is 1. The van der Waals surface area contributed by atoms with Gasteiger partial charge in [-0.3, -0.25) is 4.79 Å². The number of sulfone groups is 1. The van der Waals surface area contributed by atoms with Gasteiger partial charge in [-0.15, -0.1) is 0 Å². The Hall–Kier alpha value is -2.43. The summed E-state index contributed by atoms with van der Waals surface area (Å²) in [6, 6.07) is 11.4. The fourth-order valence-electron chi connectivity index (χ4n) is 4.36. The minimum Gasteiger partial charge on any atom is -0.368 e. The first kappa shape index (κ1) is 23.7. The molecule has 10 heteroatoms. The Labute approximate surface area is 195 Å². The highest BCUT2D eigenvalue weighted by Crippen LogP contribution is 2.24. The maximum atomic E-state index is 13.0. The number of anilines is 1. The monoisotopic (exact) mass is 491 g/mol. The molecule has 1 amide bonds. The molecule has 2 fully saturated rings. The summed E-state index contributed by atoms with van der Waals surface area (Å²) < 4.78 is 50.8. The first-order valence-corrected chi connectivity index (χ1v) is 14.3. The van der Waals surface area contributed by atoms with Crippen molar-refractivity contribution in [3.63, 3.8) is 0 Å². The van der Waals surface area contributed by atoms with Crippen molar-refractivity contribution in [2.45, 2.75) is 31.2 Å². The number of nitrogens with zero attached hydrogens (tertiary/aromatic N) is 2. The summed E-state index contributed by atoms with van der Waals surface area (Å²) >= 11 is 0. The van der Waals surface area contributed by atoms with Gasteiger partial charge in [-0.05, 0) is 61.7 Å². The summed E-state index contributed by atoms with van der Waals surface area (Å²) in [6.45, 7) is 6.84. The first-order valence-electron chi connectivity index (χ1n) is 11.0. The maximum absolute atomic E-state index is 13.0. The van der Waals surface area contributed by atoms with Crippen molar-refractivity contribution < 1.29 is 21.6 Å². The van der Waals surface area contributed by atoms with E-state index >= 15 is 0 Å². The van der Waals surface area contributed by atoms with Crippen LogP contribution in [0.3, 0.4) is 0 Å². The Bertz CT molecular complexity index is 1250. The number of amides is 1. The second-order valence-electron chi connectivity index (χ2n) is 8.74. The van der Waals surface area contributed by atoms with Gasteiger partial charge in [0.1, 0.15) is 0 Å². The van der Waals surface area contributed by atoms with E-state index in [0.29, 0.717) is 18.7 Å². The molecule has 0 aliphatic carbocycles. The summed E-state index contributed by atoms with van der Waals surface area (Å²) in [5, 5.41) is 0.